The van der Waals surface area contributed by atoms with Crippen LogP contribution in [-0.2, 0) is 0 Å². The number of aromatic nitrogens is 3. The summed E-state index contributed by atoms with van der Waals surface area (Å²) in [6, 6.07) is 11.1. The Morgan fingerprint density at radius 3 is 2.66 bits per heavy atom. The van der Waals surface area contributed by atoms with E-state index in [2.05, 4.69) is 39.3 Å². The molecule has 0 unspecified atom stereocenters. The first-order valence-electron chi connectivity index (χ1n) is 12.5. The van der Waals surface area contributed by atoms with Crippen LogP contribution in [0.5, 0.6) is 0 Å². The first-order valence-corrected chi connectivity index (χ1v) is 12.5. The van der Waals surface area contributed by atoms with Crippen molar-refractivity contribution >= 4 is 33.3 Å². The van der Waals surface area contributed by atoms with Crippen LogP contribution >= 0.6 is 0 Å². The number of nitrogens with one attached hydrogen (secondary N) is 4. The lowest BCUT2D eigenvalue weighted by Crippen LogP contribution is -2.53. The Balaban J connectivity index is 1.52. The highest BCUT2D eigenvalue weighted by atomic mass is 19.1. The molecule has 2 bridgehead atoms. The molecule has 35 heavy (non-hydrogen) atoms. The Labute approximate surface area is 203 Å². The molecule has 3 fully saturated rings. The number of imidazole rings is 1. The van der Waals surface area contributed by atoms with Gasteiger partial charge in [0, 0.05) is 24.5 Å². The molecule has 1 atom stereocenters. The number of aromatic amines is 2. The average molecular weight is 475 g/mol. The van der Waals surface area contributed by atoms with Gasteiger partial charge in [0.2, 0.25) is 0 Å². The maximum atomic E-state index is 15.3. The smallest absolute Gasteiger partial charge is 0.261 e. The maximum Gasteiger partial charge on any atom is 0.261 e. The van der Waals surface area contributed by atoms with E-state index in [1.165, 1.54) is 6.07 Å². The van der Waals surface area contributed by atoms with Crippen LogP contribution in [0.2, 0.25) is 0 Å². The van der Waals surface area contributed by atoms with E-state index >= 15 is 4.39 Å². The van der Waals surface area contributed by atoms with Crippen molar-refractivity contribution in [2.24, 2.45) is 11.8 Å². The summed E-state index contributed by atoms with van der Waals surface area (Å²) in [5.74, 6) is 1.06. The van der Waals surface area contributed by atoms with Crippen LogP contribution in [0.3, 0.4) is 0 Å². The molecule has 0 spiro atoms. The minimum atomic E-state index is -0.335. The molecule has 7 nitrogen and oxygen atoms in total. The molecule has 0 amide bonds. The van der Waals surface area contributed by atoms with Crippen molar-refractivity contribution in [3.05, 3.63) is 52.6 Å². The molecule has 4 N–H and O–H groups in total. The molecule has 7 rings (SSSR count). The maximum absolute atomic E-state index is 15.3. The average Bonchev–Trinajstić information content (AvgIpc) is 3.27. The Morgan fingerprint density at radius 1 is 1.14 bits per heavy atom. The molecule has 0 aliphatic carbocycles. The summed E-state index contributed by atoms with van der Waals surface area (Å²) in [7, 11) is 0. The molecule has 182 valence electrons. The van der Waals surface area contributed by atoms with Crippen LogP contribution in [0.4, 0.5) is 15.8 Å². The van der Waals surface area contributed by atoms with Gasteiger partial charge in [0.05, 0.1) is 27.9 Å². The number of fused-ring (bicyclic) bond motifs is 5. The van der Waals surface area contributed by atoms with Gasteiger partial charge in [0.25, 0.3) is 5.56 Å². The minimum Gasteiger partial charge on any atom is -0.382 e. The molecule has 3 saturated heterocycles. The van der Waals surface area contributed by atoms with Crippen molar-refractivity contribution in [1.29, 1.82) is 0 Å². The third-order valence-electron chi connectivity index (χ3n) is 7.41. The number of hydrogen-bond donors (Lipinski definition) is 4. The molecule has 8 heteroatoms. The van der Waals surface area contributed by atoms with Gasteiger partial charge >= 0.3 is 0 Å². The van der Waals surface area contributed by atoms with Crippen molar-refractivity contribution in [2.45, 2.75) is 32.7 Å². The Hall–Kier alpha value is -3.39. The van der Waals surface area contributed by atoms with Gasteiger partial charge in [-0.2, -0.15) is 0 Å². The lowest BCUT2D eigenvalue weighted by atomic mass is 9.83. The SMILES string of the molecule is CC(C)CNc1cc2[nH]c(=O)c(-c3nc4ccccc4[nH]3)c(N[C@@H]3CN4CCC3CC4)c2cc1F. The Bertz CT molecular complexity index is 1420. The molecule has 2 aromatic carbocycles. The summed E-state index contributed by atoms with van der Waals surface area (Å²) >= 11 is 0. The first-order chi connectivity index (χ1) is 17.0. The van der Waals surface area contributed by atoms with Gasteiger partial charge in [-0.25, -0.2) is 9.37 Å². The largest absolute Gasteiger partial charge is 0.382 e. The predicted molar refractivity (Wildman–Crippen MR) is 140 cm³/mol. The second-order valence-electron chi connectivity index (χ2n) is 10.3. The van der Waals surface area contributed by atoms with E-state index in [1.54, 1.807) is 6.07 Å². The fourth-order valence-electron chi connectivity index (χ4n) is 5.53. The second kappa shape index (κ2) is 8.68. The third-order valence-corrected chi connectivity index (χ3v) is 7.41. The summed E-state index contributed by atoms with van der Waals surface area (Å²) in [5.41, 5.74) is 3.47. The molecule has 0 radical (unpaired) electrons. The topological polar surface area (TPSA) is 88.8 Å². The zero-order valence-electron chi connectivity index (χ0n) is 20.1. The van der Waals surface area contributed by atoms with E-state index in [1.807, 2.05) is 24.3 Å². The van der Waals surface area contributed by atoms with Gasteiger partial charge in [-0.15, -0.1) is 0 Å². The number of piperidine rings is 3. The van der Waals surface area contributed by atoms with E-state index in [0.29, 0.717) is 52.0 Å². The van der Waals surface area contributed by atoms with E-state index in [9.17, 15) is 4.79 Å². The number of para-hydroxylation sites is 2. The van der Waals surface area contributed by atoms with Gasteiger partial charge < -0.3 is 25.5 Å². The van der Waals surface area contributed by atoms with Crippen LogP contribution in [0.25, 0.3) is 33.3 Å². The molecule has 3 aliphatic heterocycles. The number of benzene rings is 2. The lowest BCUT2D eigenvalue weighted by molar-refractivity contribution is 0.0976. The molecule has 3 aliphatic rings. The van der Waals surface area contributed by atoms with Crippen molar-refractivity contribution in [1.82, 2.24) is 19.9 Å². The standard InChI is InChI=1S/C27H31FN6O/c1-15(2)13-29-22-12-21-17(11-18(22)28)25(30-23-14-34-9-7-16(23)8-10-34)24(27(35)33-21)26-31-19-5-3-4-6-20(19)32-26/h3-6,11-12,15-16,23,29H,7-10,13-14H2,1-2H3,(H,31,32)(H2,30,33,35)/t23-/m1/s1. The zero-order valence-corrected chi connectivity index (χ0v) is 20.1. The summed E-state index contributed by atoms with van der Waals surface area (Å²) in [6.07, 6.45) is 2.27. The lowest BCUT2D eigenvalue weighted by Gasteiger charge is -2.45. The monoisotopic (exact) mass is 474 g/mol. The first kappa shape index (κ1) is 22.1. The van der Waals surface area contributed by atoms with Gasteiger partial charge in [0.1, 0.15) is 17.2 Å². The Morgan fingerprint density at radius 2 is 1.94 bits per heavy atom. The number of hydrogen-bond acceptors (Lipinski definition) is 5. The van der Waals surface area contributed by atoms with E-state index < -0.39 is 0 Å². The van der Waals surface area contributed by atoms with Crippen molar-refractivity contribution in [2.75, 3.05) is 36.8 Å². The fraction of sp³-hybridized carbons (Fsp3) is 0.407. The fourth-order valence-corrected chi connectivity index (χ4v) is 5.53. The van der Waals surface area contributed by atoms with Crippen molar-refractivity contribution in [3.63, 3.8) is 0 Å². The van der Waals surface area contributed by atoms with Crippen LogP contribution in [0.15, 0.2) is 41.2 Å². The number of anilines is 2. The van der Waals surface area contributed by atoms with Gasteiger partial charge in [0.15, 0.2) is 0 Å². The van der Waals surface area contributed by atoms with Gasteiger partial charge in [-0.05, 0) is 62.0 Å². The molecule has 4 aromatic rings. The van der Waals surface area contributed by atoms with E-state index in [0.717, 1.165) is 43.5 Å². The highest BCUT2D eigenvalue weighted by Gasteiger charge is 2.35. The highest BCUT2D eigenvalue weighted by molar-refractivity contribution is 6.00. The predicted octanol–water partition coefficient (Wildman–Crippen LogP) is 4.78. The van der Waals surface area contributed by atoms with E-state index in [4.69, 9.17) is 4.98 Å². The third kappa shape index (κ3) is 4.05. The summed E-state index contributed by atoms with van der Waals surface area (Å²) in [4.78, 5) is 27.0. The van der Waals surface area contributed by atoms with Crippen LogP contribution in [0, 0.1) is 17.7 Å². The van der Waals surface area contributed by atoms with Crippen molar-refractivity contribution < 1.29 is 4.39 Å². The number of rotatable bonds is 6. The number of nitrogens with zero attached hydrogens (tertiary/aromatic N) is 2. The normalized spacial score (nSPS) is 21.8. The molecule has 5 heterocycles. The van der Waals surface area contributed by atoms with E-state index in [-0.39, 0.29) is 17.4 Å². The summed E-state index contributed by atoms with van der Waals surface area (Å²) < 4.78 is 15.3. The highest BCUT2D eigenvalue weighted by Crippen LogP contribution is 2.37. The summed E-state index contributed by atoms with van der Waals surface area (Å²) in [6.45, 7) is 7.96. The molecule has 0 saturated carbocycles. The molecule has 2 aromatic heterocycles. The van der Waals surface area contributed by atoms with Crippen molar-refractivity contribution in [3.8, 4) is 11.4 Å². The zero-order chi connectivity index (χ0) is 24.1. The van der Waals surface area contributed by atoms with Gasteiger partial charge in [-0.3, -0.25) is 4.79 Å². The minimum absolute atomic E-state index is 0.201. The number of pyridine rings is 1. The van der Waals surface area contributed by atoms with Crippen LogP contribution in [0.1, 0.15) is 26.7 Å². The van der Waals surface area contributed by atoms with Gasteiger partial charge in [-0.1, -0.05) is 26.0 Å². The Kier molecular flexibility index (Phi) is 5.48. The van der Waals surface area contributed by atoms with Crippen LogP contribution in [-0.4, -0.2) is 52.1 Å². The quantitative estimate of drug-likeness (QED) is 0.323. The second-order valence-corrected chi connectivity index (χ2v) is 10.3. The summed E-state index contributed by atoms with van der Waals surface area (Å²) in [5, 5.41) is 7.52. The molecular weight excluding hydrogens is 443 g/mol. The number of H-pyrrole nitrogens is 2. The van der Waals surface area contributed by atoms with Crippen LogP contribution < -0.4 is 16.2 Å². The number of halogens is 1. The molecular formula is C27H31FN6O.